The van der Waals surface area contributed by atoms with Crippen molar-refractivity contribution in [2.75, 3.05) is 0 Å². The Bertz CT molecular complexity index is 385. The normalized spacial score (nSPS) is 33.2. The van der Waals surface area contributed by atoms with Gasteiger partial charge in [0.2, 0.25) is 0 Å². The van der Waals surface area contributed by atoms with Gasteiger partial charge in [0.05, 0.1) is 5.92 Å². The highest BCUT2D eigenvalue weighted by atomic mass is 16.6. The number of benzene rings is 1. The first-order chi connectivity index (χ1) is 7.86. The molecule has 1 heterocycles. The average Bonchev–Trinajstić information content (AvgIpc) is 2.66. The number of hydrogen-bond acceptors (Lipinski definition) is 2. The van der Waals surface area contributed by atoms with Crippen LogP contribution >= 0.6 is 0 Å². The molecule has 0 radical (unpaired) electrons. The monoisotopic (exact) mass is 216 g/mol. The fourth-order valence-corrected chi connectivity index (χ4v) is 3.09. The van der Waals surface area contributed by atoms with Gasteiger partial charge in [-0.15, -0.1) is 0 Å². The van der Waals surface area contributed by atoms with Gasteiger partial charge >= 0.3 is 5.97 Å². The van der Waals surface area contributed by atoms with Gasteiger partial charge in [-0.3, -0.25) is 4.79 Å². The second kappa shape index (κ2) is 3.93. The quantitative estimate of drug-likeness (QED) is 0.675. The predicted molar refractivity (Wildman–Crippen MR) is 61.0 cm³/mol. The van der Waals surface area contributed by atoms with Crippen LogP contribution in [-0.4, -0.2) is 12.1 Å². The highest BCUT2D eigenvalue weighted by Gasteiger charge is 2.45. The molecule has 2 heteroatoms. The van der Waals surface area contributed by atoms with E-state index in [2.05, 4.69) is 0 Å². The zero-order valence-electron chi connectivity index (χ0n) is 9.26. The van der Waals surface area contributed by atoms with Gasteiger partial charge in [0.1, 0.15) is 6.10 Å². The summed E-state index contributed by atoms with van der Waals surface area (Å²) in [5, 5.41) is 0. The molecule has 3 rings (SSSR count). The number of ether oxygens (including phenoxy) is 1. The van der Waals surface area contributed by atoms with Gasteiger partial charge in [-0.1, -0.05) is 36.8 Å². The number of rotatable bonds is 1. The van der Waals surface area contributed by atoms with E-state index in [4.69, 9.17) is 4.74 Å². The third kappa shape index (κ3) is 1.53. The zero-order chi connectivity index (χ0) is 11.0. The van der Waals surface area contributed by atoms with Crippen LogP contribution in [0.3, 0.4) is 0 Å². The van der Waals surface area contributed by atoms with Crippen LogP contribution in [-0.2, 0) is 9.53 Å². The van der Waals surface area contributed by atoms with Crippen molar-refractivity contribution in [2.45, 2.75) is 37.7 Å². The van der Waals surface area contributed by atoms with Gasteiger partial charge in [-0.2, -0.15) is 0 Å². The number of fused-ring (bicyclic) bond motifs is 1. The number of carbonyl (C=O) groups is 1. The lowest BCUT2D eigenvalue weighted by atomic mass is 9.77. The standard InChI is InChI=1S/C14H16O2/c15-14-13(10-6-2-1-3-7-10)11-8-4-5-9-12(11)16-14/h1-3,6-7,11-13H,4-5,8-9H2/t11-,12-,13+/m1/s1. The van der Waals surface area contributed by atoms with E-state index in [0.29, 0.717) is 5.92 Å². The first-order valence-corrected chi connectivity index (χ1v) is 6.12. The first kappa shape index (κ1) is 9.88. The van der Waals surface area contributed by atoms with Crippen LogP contribution < -0.4 is 0 Å². The summed E-state index contributed by atoms with van der Waals surface area (Å²) < 4.78 is 5.49. The molecule has 1 aromatic carbocycles. The Labute approximate surface area is 95.6 Å². The fraction of sp³-hybridized carbons (Fsp3) is 0.500. The molecule has 0 unspecified atom stereocenters. The van der Waals surface area contributed by atoms with Crippen LogP contribution in [0.25, 0.3) is 0 Å². The molecule has 1 aromatic rings. The molecular formula is C14H16O2. The van der Waals surface area contributed by atoms with Crippen molar-refractivity contribution in [3.8, 4) is 0 Å². The van der Waals surface area contributed by atoms with E-state index >= 15 is 0 Å². The molecule has 16 heavy (non-hydrogen) atoms. The van der Waals surface area contributed by atoms with E-state index in [1.165, 1.54) is 12.8 Å². The summed E-state index contributed by atoms with van der Waals surface area (Å²) >= 11 is 0. The van der Waals surface area contributed by atoms with Crippen LogP contribution in [0, 0.1) is 5.92 Å². The lowest BCUT2D eigenvalue weighted by Gasteiger charge is -2.25. The Morgan fingerprint density at radius 1 is 1.06 bits per heavy atom. The highest BCUT2D eigenvalue weighted by Crippen LogP contribution is 2.43. The summed E-state index contributed by atoms with van der Waals surface area (Å²) in [6.45, 7) is 0. The molecule has 1 aliphatic carbocycles. The Morgan fingerprint density at radius 3 is 2.62 bits per heavy atom. The van der Waals surface area contributed by atoms with Crippen molar-refractivity contribution in [1.82, 2.24) is 0 Å². The minimum atomic E-state index is -0.0110. The smallest absolute Gasteiger partial charge is 0.314 e. The molecule has 0 spiro atoms. The highest BCUT2D eigenvalue weighted by molar-refractivity contribution is 5.81. The topological polar surface area (TPSA) is 26.3 Å². The Kier molecular flexibility index (Phi) is 2.43. The van der Waals surface area contributed by atoms with Gasteiger partial charge in [0, 0.05) is 5.92 Å². The van der Waals surface area contributed by atoms with Crippen LogP contribution in [0.2, 0.25) is 0 Å². The predicted octanol–water partition coefficient (Wildman–Crippen LogP) is 2.89. The van der Waals surface area contributed by atoms with Gasteiger partial charge in [0.15, 0.2) is 0 Å². The molecule has 1 saturated heterocycles. The van der Waals surface area contributed by atoms with Gasteiger partial charge < -0.3 is 4.74 Å². The molecule has 1 saturated carbocycles. The fourth-order valence-electron chi connectivity index (χ4n) is 3.09. The van der Waals surface area contributed by atoms with E-state index in [9.17, 15) is 4.79 Å². The van der Waals surface area contributed by atoms with E-state index < -0.39 is 0 Å². The zero-order valence-corrected chi connectivity index (χ0v) is 9.26. The summed E-state index contributed by atoms with van der Waals surface area (Å²) in [6, 6.07) is 10.1. The lowest BCUT2D eigenvalue weighted by Crippen LogP contribution is -2.23. The van der Waals surface area contributed by atoms with Crippen molar-refractivity contribution in [2.24, 2.45) is 5.92 Å². The molecule has 0 aromatic heterocycles. The maximum absolute atomic E-state index is 11.9. The van der Waals surface area contributed by atoms with Gasteiger partial charge in [0.25, 0.3) is 0 Å². The maximum Gasteiger partial charge on any atom is 0.314 e. The second-order valence-electron chi connectivity index (χ2n) is 4.81. The van der Waals surface area contributed by atoms with Crippen molar-refractivity contribution in [3.05, 3.63) is 35.9 Å². The summed E-state index contributed by atoms with van der Waals surface area (Å²) in [6.07, 6.45) is 4.82. The van der Waals surface area contributed by atoms with Crippen molar-refractivity contribution >= 4 is 5.97 Å². The third-order valence-electron chi connectivity index (χ3n) is 3.86. The van der Waals surface area contributed by atoms with Crippen LogP contribution in [0.15, 0.2) is 30.3 Å². The molecule has 1 aliphatic heterocycles. The molecular weight excluding hydrogens is 200 g/mol. The number of carbonyl (C=O) groups excluding carboxylic acids is 1. The van der Waals surface area contributed by atoms with Crippen LogP contribution in [0.1, 0.15) is 37.2 Å². The van der Waals surface area contributed by atoms with Crippen LogP contribution in [0.5, 0.6) is 0 Å². The van der Waals surface area contributed by atoms with Gasteiger partial charge in [-0.05, 0) is 24.8 Å². The minimum absolute atomic E-state index is 0.00787. The van der Waals surface area contributed by atoms with Gasteiger partial charge in [-0.25, -0.2) is 0 Å². The molecule has 3 atom stereocenters. The SMILES string of the molecule is O=C1O[C@@H]2CCCC[C@H]2[C@@H]1c1ccccc1. The van der Waals surface area contributed by atoms with Crippen molar-refractivity contribution in [1.29, 1.82) is 0 Å². The second-order valence-corrected chi connectivity index (χ2v) is 4.81. The number of esters is 1. The molecule has 0 N–H and O–H groups in total. The summed E-state index contributed by atoms with van der Waals surface area (Å²) in [5.41, 5.74) is 1.13. The maximum atomic E-state index is 11.9. The number of hydrogen-bond donors (Lipinski definition) is 0. The van der Waals surface area contributed by atoms with Crippen LogP contribution in [0.4, 0.5) is 0 Å². The van der Waals surface area contributed by atoms with E-state index in [1.54, 1.807) is 0 Å². The Balaban J connectivity index is 1.91. The largest absolute Gasteiger partial charge is 0.462 e. The van der Waals surface area contributed by atoms with Crippen molar-refractivity contribution in [3.63, 3.8) is 0 Å². The summed E-state index contributed by atoms with van der Waals surface area (Å²) in [7, 11) is 0. The molecule has 84 valence electrons. The molecule has 0 bridgehead atoms. The molecule has 2 fully saturated rings. The molecule has 0 amide bonds. The first-order valence-electron chi connectivity index (χ1n) is 6.12. The Morgan fingerprint density at radius 2 is 1.81 bits per heavy atom. The minimum Gasteiger partial charge on any atom is -0.462 e. The lowest BCUT2D eigenvalue weighted by molar-refractivity contribution is -0.142. The Hall–Kier alpha value is -1.31. The van der Waals surface area contributed by atoms with Crippen molar-refractivity contribution < 1.29 is 9.53 Å². The molecule has 2 nitrogen and oxygen atoms in total. The van der Waals surface area contributed by atoms with E-state index in [0.717, 1.165) is 18.4 Å². The average molecular weight is 216 g/mol. The van der Waals surface area contributed by atoms with E-state index in [-0.39, 0.29) is 18.0 Å². The summed E-state index contributed by atoms with van der Waals surface area (Å²) in [4.78, 5) is 11.9. The van der Waals surface area contributed by atoms with E-state index in [1.807, 2.05) is 30.3 Å². The summed E-state index contributed by atoms with van der Waals surface area (Å²) in [5.74, 6) is 0.401. The molecule has 2 aliphatic rings. The third-order valence-corrected chi connectivity index (χ3v) is 3.86.